The lowest BCUT2D eigenvalue weighted by Crippen LogP contribution is -2.07. The summed E-state index contributed by atoms with van der Waals surface area (Å²) in [5.41, 5.74) is 0.0451. The molecule has 1 aromatic carbocycles. The zero-order chi connectivity index (χ0) is 11.3. The molecule has 0 bridgehead atoms. The van der Waals surface area contributed by atoms with Gasteiger partial charge in [-0.2, -0.15) is 0 Å². The van der Waals surface area contributed by atoms with E-state index in [2.05, 4.69) is 15.9 Å². The van der Waals surface area contributed by atoms with Crippen LogP contribution in [0.25, 0.3) is 0 Å². The summed E-state index contributed by atoms with van der Waals surface area (Å²) < 4.78 is 5.46. The minimum Gasteiger partial charge on any atom is -0.479 e. The molecule has 0 amide bonds. The monoisotopic (exact) mass is 273 g/mol. The minimum atomic E-state index is -0.435. The topological polar surface area (TPSA) is 52.4 Å². The molecule has 4 nitrogen and oxygen atoms in total. The van der Waals surface area contributed by atoms with Gasteiger partial charge >= 0.3 is 0 Å². The van der Waals surface area contributed by atoms with Crippen LogP contribution in [0.5, 0.6) is 5.75 Å². The number of benzene rings is 1. The molecule has 1 aromatic rings. The third-order valence-electron chi connectivity index (χ3n) is 1.81. The molecule has 1 unspecified atom stereocenters. The lowest BCUT2D eigenvalue weighted by Gasteiger charge is -2.11. The third kappa shape index (κ3) is 3.87. The standard InChI is InChI=1S/C10H12BrNO3/c1-2-4-10(11)15-9-6-3-5-8(7-9)12(13)14/h3,5-7,10H,2,4H2,1H3. The van der Waals surface area contributed by atoms with Crippen molar-refractivity contribution in [3.05, 3.63) is 34.4 Å². The Balaban J connectivity index is 2.69. The molecule has 5 heteroatoms. The van der Waals surface area contributed by atoms with Crippen LogP contribution >= 0.6 is 15.9 Å². The average Bonchev–Trinajstić information content (AvgIpc) is 2.18. The number of hydrogen-bond acceptors (Lipinski definition) is 3. The Hall–Kier alpha value is -1.10. The Morgan fingerprint density at radius 3 is 2.93 bits per heavy atom. The summed E-state index contributed by atoms with van der Waals surface area (Å²) >= 11 is 3.34. The molecule has 0 aliphatic rings. The molecular weight excluding hydrogens is 262 g/mol. The van der Waals surface area contributed by atoms with Crippen LogP contribution in [0.1, 0.15) is 19.8 Å². The van der Waals surface area contributed by atoms with E-state index in [-0.39, 0.29) is 10.7 Å². The second-order valence-corrected chi connectivity index (χ2v) is 4.09. The number of halogens is 1. The Labute approximate surface area is 96.5 Å². The summed E-state index contributed by atoms with van der Waals surface area (Å²) in [5, 5.41) is 10.4. The van der Waals surface area contributed by atoms with E-state index in [1.807, 2.05) is 6.92 Å². The van der Waals surface area contributed by atoms with E-state index in [4.69, 9.17) is 4.74 Å². The van der Waals surface area contributed by atoms with Gasteiger partial charge in [0.25, 0.3) is 5.69 Å². The number of nitro benzene ring substituents is 1. The number of hydrogen-bond donors (Lipinski definition) is 0. The van der Waals surface area contributed by atoms with Gasteiger partial charge in [0.2, 0.25) is 0 Å². The zero-order valence-electron chi connectivity index (χ0n) is 8.35. The van der Waals surface area contributed by atoms with Crippen molar-refractivity contribution in [3.63, 3.8) is 0 Å². The number of alkyl halides is 1. The molecule has 0 fully saturated rings. The average molecular weight is 274 g/mol. The van der Waals surface area contributed by atoms with Crippen molar-refractivity contribution in [3.8, 4) is 5.75 Å². The first-order valence-corrected chi connectivity index (χ1v) is 5.60. The van der Waals surface area contributed by atoms with Crippen molar-refractivity contribution < 1.29 is 9.66 Å². The van der Waals surface area contributed by atoms with Crippen molar-refractivity contribution >= 4 is 21.6 Å². The van der Waals surface area contributed by atoms with Gasteiger partial charge in [0, 0.05) is 6.07 Å². The molecule has 0 heterocycles. The lowest BCUT2D eigenvalue weighted by molar-refractivity contribution is -0.384. The maximum absolute atomic E-state index is 10.5. The van der Waals surface area contributed by atoms with Crippen molar-refractivity contribution in [1.29, 1.82) is 0 Å². The predicted octanol–water partition coefficient (Wildman–Crippen LogP) is 3.49. The minimum absolute atomic E-state index is 0.0451. The van der Waals surface area contributed by atoms with Gasteiger partial charge in [0.05, 0.1) is 11.0 Å². The van der Waals surface area contributed by atoms with Crippen LogP contribution in [0.15, 0.2) is 24.3 Å². The second kappa shape index (κ2) is 5.70. The van der Waals surface area contributed by atoms with Crippen molar-refractivity contribution in [2.75, 3.05) is 0 Å². The van der Waals surface area contributed by atoms with E-state index in [0.29, 0.717) is 5.75 Å². The smallest absolute Gasteiger partial charge is 0.273 e. The molecular formula is C10H12BrNO3. The number of ether oxygens (including phenoxy) is 1. The Kier molecular flexibility index (Phi) is 4.55. The Bertz CT molecular complexity index is 343. The summed E-state index contributed by atoms with van der Waals surface area (Å²) in [6.07, 6.45) is 1.85. The summed E-state index contributed by atoms with van der Waals surface area (Å²) in [6, 6.07) is 6.18. The molecule has 1 atom stereocenters. The van der Waals surface area contributed by atoms with Crippen LogP contribution in [-0.2, 0) is 0 Å². The summed E-state index contributed by atoms with van der Waals surface area (Å²) in [5.74, 6) is 0.513. The van der Waals surface area contributed by atoms with E-state index in [0.717, 1.165) is 12.8 Å². The predicted molar refractivity (Wildman–Crippen MR) is 61.3 cm³/mol. The summed E-state index contributed by atoms with van der Waals surface area (Å²) in [6.45, 7) is 2.05. The van der Waals surface area contributed by atoms with Crippen LogP contribution in [0.4, 0.5) is 5.69 Å². The van der Waals surface area contributed by atoms with Gasteiger partial charge in [-0.25, -0.2) is 0 Å². The Morgan fingerprint density at radius 1 is 1.60 bits per heavy atom. The van der Waals surface area contributed by atoms with Crippen LogP contribution < -0.4 is 4.74 Å². The van der Waals surface area contributed by atoms with Crippen LogP contribution in [-0.4, -0.2) is 9.94 Å². The molecule has 0 N–H and O–H groups in total. The highest BCUT2D eigenvalue weighted by atomic mass is 79.9. The first kappa shape index (κ1) is 12.0. The maximum Gasteiger partial charge on any atom is 0.273 e. The van der Waals surface area contributed by atoms with Gasteiger partial charge in [0.15, 0.2) is 5.01 Å². The normalized spacial score (nSPS) is 12.1. The fourth-order valence-electron chi connectivity index (χ4n) is 1.10. The van der Waals surface area contributed by atoms with Gasteiger partial charge in [-0.15, -0.1) is 0 Å². The highest BCUT2D eigenvalue weighted by molar-refractivity contribution is 9.09. The van der Waals surface area contributed by atoms with Gasteiger partial charge < -0.3 is 4.74 Å². The SMILES string of the molecule is CCCC(Br)Oc1cccc([N+](=O)[O-])c1. The van der Waals surface area contributed by atoms with Gasteiger partial charge in [-0.3, -0.25) is 10.1 Å². The van der Waals surface area contributed by atoms with Gasteiger partial charge in [-0.1, -0.05) is 19.4 Å². The third-order valence-corrected chi connectivity index (χ3v) is 2.45. The second-order valence-electron chi connectivity index (χ2n) is 3.07. The quantitative estimate of drug-likeness (QED) is 0.469. The maximum atomic E-state index is 10.5. The largest absolute Gasteiger partial charge is 0.479 e. The molecule has 0 saturated heterocycles. The zero-order valence-corrected chi connectivity index (χ0v) is 9.94. The number of non-ortho nitro benzene ring substituents is 1. The first-order valence-electron chi connectivity index (χ1n) is 4.68. The van der Waals surface area contributed by atoms with Crippen molar-refractivity contribution in [2.45, 2.75) is 24.8 Å². The van der Waals surface area contributed by atoms with Gasteiger partial charge in [-0.05, 0) is 28.4 Å². The van der Waals surface area contributed by atoms with Crippen molar-refractivity contribution in [2.24, 2.45) is 0 Å². The number of rotatable bonds is 5. The number of nitro groups is 1. The van der Waals surface area contributed by atoms with E-state index in [1.54, 1.807) is 12.1 Å². The molecule has 0 aromatic heterocycles. The molecule has 0 saturated carbocycles. The molecule has 15 heavy (non-hydrogen) atoms. The molecule has 0 spiro atoms. The fourth-order valence-corrected chi connectivity index (χ4v) is 1.78. The summed E-state index contributed by atoms with van der Waals surface area (Å²) in [7, 11) is 0. The van der Waals surface area contributed by atoms with E-state index >= 15 is 0 Å². The highest BCUT2D eigenvalue weighted by Gasteiger charge is 2.09. The van der Waals surface area contributed by atoms with Crippen molar-refractivity contribution in [1.82, 2.24) is 0 Å². The number of nitrogens with zero attached hydrogens (tertiary/aromatic N) is 1. The molecule has 1 rings (SSSR count). The molecule has 82 valence electrons. The van der Waals surface area contributed by atoms with E-state index in [1.165, 1.54) is 12.1 Å². The lowest BCUT2D eigenvalue weighted by atomic mass is 10.3. The molecule has 0 radical (unpaired) electrons. The van der Waals surface area contributed by atoms with E-state index < -0.39 is 4.92 Å². The molecule has 0 aliphatic heterocycles. The highest BCUT2D eigenvalue weighted by Crippen LogP contribution is 2.22. The Morgan fingerprint density at radius 2 is 2.33 bits per heavy atom. The van der Waals surface area contributed by atoms with E-state index in [9.17, 15) is 10.1 Å². The first-order chi connectivity index (χ1) is 7.13. The summed E-state index contributed by atoms with van der Waals surface area (Å²) in [4.78, 5) is 10.1. The van der Waals surface area contributed by atoms with Crippen LogP contribution in [0.2, 0.25) is 0 Å². The fraction of sp³-hybridized carbons (Fsp3) is 0.400. The van der Waals surface area contributed by atoms with Crippen LogP contribution in [0.3, 0.4) is 0 Å². The van der Waals surface area contributed by atoms with Gasteiger partial charge in [0.1, 0.15) is 5.75 Å². The molecule has 0 aliphatic carbocycles. The van der Waals surface area contributed by atoms with Crippen LogP contribution in [0, 0.1) is 10.1 Å².